The molecule has 2 bridgehead atoms. The summed E-state index contributed by atoms with van der Waals surface area (Å²) in [6.07, 6.45) is 1.49. The minimum Gasteiger partial charge on any atom is -0.484 e. The van der Waals surface area contributed by atoms with Crippen LogP contribution in [-0.2, 0) is 14.3 Å². The zero-order chi connectivity index (χ0) is 28.1. The van der Waals surface area contributed by atoms with Crippen LogP contribution in [0.2, 0.25) is 10.0 Å². The summed E-state index contributed by atoms with van der Waals surface area (Å²) in [6.45, 7) is 1.02. The Hall–Kier alpha value is -2.63. The van der Waals surface area contributed by atoms with Crippen LogP contribution < -0.4 is 25.0 Å². The number of nitrogens with one attached hydrogen (secondary N) is 2. The zero-order valence-corrected chi connectivity index (χ0v) is 23.1. The third-order valence-electron chi connectivity index (χ3n) is 8.19. The van der Waals surface area contributed by atoms with Crippen LogP contribution in [0.1, 0.15) is 32.1 Å². The molecule has 2 amide bonds. The second-order valence-electron chi connectivity index (χ2n) is 11.2. The molecule has 40 heavy (non-hydrogen) atoms. The average molecular weight is 594 g/mol. The summed E-state index contributed by atoms with van der Waals surface area (Å²) in [5.74, 6) is -0.398. The van der Waals surface area contributed by atoms with Crippen molar-refractivity contribution in [1.82, 2.24) is 10.6 Å². The molecule has 2 atom stereocenters. The maximum Gasteiger partial charge on any atom is 0.258 e. The van der Waals surface area contributed by atoms with E-state index < -0.39 is 18.1 Å². The van der Waals surface area contributed by atoms with Crippen molar-refractivity contribution in [2.75, 3.05) is 31.3 Å². The maximum atomic E-state index is 13.6. The van der Waals surface area contributed by atoms with E-state index in [1.807, 2.05) is 0 Å². The molecule has 2 unspecified atom stereocenters. The van der Waals surface area contributed by atoms with Crippen molar-refractivity contribution in [3.8, 4) is 11.5 Å². The number of hydrogen-bond acceptors (Lipinski definition) is 7. The molecule has 9 nitrogen and oxygen atoms in total. The van der Waals surface area contributed by atoms with Gasteiger partial charge >= 0.3 is 0 Å². The molecule has 0 aromatic heterocycles. The molecule has 0 spiro atoms. The smallest absolute Gasteiger partial charge is 0.258 e. The molecule has 3 saturated carbocycles. The highest BCUT2D eigenvalue weighted by Gasteiger charge is 2.69. The van der Waals surface area contributed by atoms with Crippen LogP contribution in [-0.4, -0.2) is 66.7 Å². The molecular formula is C28H30Cl2FN3O6. The second-order valence-corrected chi connectivity index (χ2v) is 12.0. The number of aliphatic hydroxyl groups excluding tert-OH is 1. The van der Waals surface area contributed by atoms with E-state index in [4.69, 9.17) is 37.4 Å². The maximum absolute atomic E-state index is 13.6. The van der Waals surface area contributed by atoms with Crippen molar-refractivity contribution in [3.05, 3.63) is 52.3 Å². The summed E-state index contributed by atoms with van der Waals surface area (Å²) in [6, 6.07) is 9.13. The first-order valence-corrected chi connectivity index (χ1v) is 14.1. The first-order valence-electron chi connectivity index (χ1n) is 13.3. The molecule has 2 aliphatic heterocycles. The molecule has 0 radical (unpaired) electrons. The number of aliphatic hydroxyl groups is 1. The van der Waals surface area contributed by atoms with E-state index in [0.717, 1.165) is 6.07 Å². The van der Waals surface area contributed by atoms with Crippen LogP contribution >= 0.6 is 23.2 Å². The van der Waals surface area contributed by atoms with Crippen molar-refractivity contribution in [2.24, 2.45) is 5.92 Å². The van der Waals surface area contributed by atoms with Gasteiger partial charge in [0, 0.05) is 41.3 Å². The number of halogens is 3. The fourth-order valence-corrected chi connectivity index (χ4v) is 6.63. The first kappa shape index (κ1) is 27.5. The van der Waals surface area contributed by atoms with Crippen molar-refractivity contribution in [1.29, 1.82) is 0 Å². The minimum atomic E-state index is -1.04. The van der Waals surface area contributed by atoms with Gasteiger partial charge in [0.25, 0.3) is 5.91 Å². The van der Waals surface area contributed by atoms with E-state index in [9.17, 15) is 19.1 Å². The van der Waals surface area contributed by atoms with E-state index >= 15 is 0 Å². The molecule has 1 saturated heterocycles. The molecule has 4 fully saturated rings. The van der Waals surface area contributed by atoms with Gasteiger partial charge in [-0.3, -0.25) is 14.9 Å². The summed E-state index contributed by atoms with van der Waals surface area (Å²) in [5, 5.41) is 17.9. The quantitative estimate of drug-likeness (QED) is 0.402. The van der Waals surface area contributed by atoms with Gasteiger partial charge in [-0.25, -0.2) is 4.39 Å². The van der Waals surface area contributed by atoms with Crippen molar-refractivity contribution < 1.29 is 33.3 Å². The van der Waals surface area contributed by atoms with Gasteiger partial charge in [-0.15, -0.1) is 0 Å². The van der Waals surface area contributed by atoms with Gasteiger partial charge in [0.1, 0.15) is 23.5 Å². The fraction of sp³-hybridized carbons (Fsp3) is 0.500. The Morgan fingerprint density at radius 2 is 1.88 bits per heavy atom. The molecule has 214 valence electrons. The lowest BCUT2D eigenvalue weighted by molar-refractivity contribution is -0.156. The molecule has 2 heterocycles. The number of anilines is 1. The number of benzene rings is 2. The highest BCUT2D eigenvalue weighted by Crippen LogP contribution is 2.60. The number of hydrogen-bond donors (Lipinski definition) is 3. The Bertz CT molecular complexity index is 1300. The molecular weight excluding hydrogens is 564 g/mol. The monoisotopic (exact) mass is 593 g/mol. The fourth-order valence-electron chi connectivity index (χ4n) is 6.35. The average Bonchev–Trinajstić information content (AvgIpc) is 2.91. The van der Waals surface area contributed by atoms with Gasteiger partial charge < -0.3 is 29.5 Å². The Labute approximate surface area is 240 Å². The highest BCUT2D eigenvalue weighted by atomic mass is 35.5. The first-order chi connectivity index (χ1) is 19.1. The largest absolute Gasteiger partial charge is 0.484 e. The standard InChI is InChI=1S/C28H30Cl2FN3O6/c29-17-1-4-22-21(9-17)34(26(37)16-5-7-38-8-6-16)11-23(40-22)25(36)33-28-13-27(14-28,15-28)32-24(35)12-39-18-2-3-19(30)20(31)10-18/h1-4,9-10,16,23,25,33,36H,5-8,11-15H2,(H,32,35). The summed E-state index contributed by atoms with van der Waals surface area (Å²) >= 11 is 11.9. The third kappa shape index (κ3) is 5.35. The molecule has 2 aromatic carbocycles. The van der Waals surface area contributed by atoms with E-state index in [0.29, 0.717) is 61.8 Å². The van der Waals surface area contributed by atoms with Crippen LogP contribution in [0, 0.1) is 11.7 Å². The summed E-state index contributed by atoms with van der Waals surface area (Å²) in [7, 11) is 0. The minimum absolute atomic E-state index is 0.0171. The Morgan fingerprint density at radius 1 is 1.12 bits per heavy atom. The predicted octanol–water partition coefficient (Wildman–Crippen LogP) is 3.43. The lowest BCUT2D eigenvalue weighted by Crippen LogP contribution is -2.85. The van der Waals surface area contributed by atoms with Gasteiger partial charge in [-0.05, 0) is 62.4 Å². The lowest BCUT2D eigenvalue weighted by atomic mass is 9.44. The Morgan fingerprint density at radius 3 is 2.60 bits per heavy atom. The SMILES string of the molecule is O=C(COc1ccc(Cl)c(F)c1)NC12CC(NC(O)C3CN(C(=O)C4CCOCC4)c4cc(Cl)ccc4O3)(C1)C2. The van der Waals surface area contributed by atoms with Crippen molar-refractivity contribution in [3.63, 3.8) is 0 Å². The third-order valence-corrected chi connectivity index (χ3v) is 8.73. The molecule has 3 N–H and O–H groups in total. The van der Waals surface area contributed by atoms with E-state index in [1.165, 1.54) is 12.1 Å². The molecule has 5 aliphatic rings. The second kappa shape index (κ2) is 10.6. The number of carbonyl (C=O) groups is 2. The van der Waals surface area contributed by atoms with Gasteiger partial charge in [0.05, 0.1) is 17.3 Å². The van der Waals surface area contributed by atoms with Crippen LogP contribution in [0.25, 0.3) is 0 Å². The molecule has 3 aliphatic carbocycles. The highest BCUT2D eigenvalue weighted by molar-refractivity contribution is 6.31. The van der Waals surface area contributed by atoms with Crippen molar-refractivity contribution >= 4 is 40.7 Å². The summed E-state index contributed by atoms with van der Waals surface area (Å²) < 4.78 is 30.5. The number of carbonyl (C=O) groups excluding carboxylic acids is 2. The zero-order valence-electron chi connectivity index (χ0n) is 21.6. The predicted molar refractivity (Wildman–Crippen MR) is 145 cm³/mol. The topological polar surface area (TPSA) is 109 Å². The number of amides is 2. The van der Waals surface area contributed by atoms with Gasteiger partial charge in [0.15, 0.2) is 12.7 Å². The molecule has 7 rings (SSSR count). The number of rotatable bonds is 8. The normalized spacial score (nSPS) is 27.9. The lowest BCUT2D eigenvalue weighted by Gasteiger charge is -2.71. The van der Waals surface area contributed by atoms with E-state index in [1.54, 1.807) is 23.1 Å². The van der Waals surface area contributed by atoms with E-state index in [-0.39, 0.29) is 52.7 Å². The van der Waals surface area contributed by atoms with Gasteiger partial charge in [-0.2, -0.15) is 0 Å². The number of nitrogens with zero attached hydrogens (tertiary/aromatic N) is 1. The Kier molecular flexibility index (Phi) is 7.33. The molecule has 2 aromatic rings. The van der Waals surface area contributed by atoms with Crippen LogP contribution in [0.4, 0.5) is 10.1 Å². The van der Waals surface area contributed by atoms with Gasteiger partial charge in [0.2, 0.25) is 5.91 Å². The van der Waals surface area contributed by atoms with E-state index in [2.05, 4.69) is 10.6 Å². The number of fused-ring (bicyclic) bond motifs is 1. The van der Waals surface area contributed by atoms with Gasteiger partial charge in [-0.1, -0.05) is 23.2 Å². The Balaban J connectivity index is 1.03. The summed E-state index contributed by atoms with van der Waals surface area (Å²) in [5.41, 5.74) is -0.0881. The van der Waals surface area contributed by atoms with Crippen LogP contribution in [0.5, 0.6) is 11.5 Å². The van der Waals surface area contributed by atoms with Crippen LogP contribution in [0.3, 0.4) is 0 Å². The van der Waals surface area contributed by atoms with Crippen molar-refractivity contribution in [2.45, 2.75) is 55.5 Å². The van der Waals surface area contributed by atoms with Crippen LogP contribution in [0.15, 0.2) is 36.4 Å². The number of ether oxygens (including phenoxy) is 3. The molecule has 12 heteroatoms. The summed E-state index contributed by atoms with van der Waals surface area (Å²) in [4.78, 5) is 27.6.